The summed E-state index contributed by atoms with van der Waals surface area (Å²) in [6.07, 6.45) is 0. The first-order valence-corrected chi connectivity index (χ1v) is 9.40. The summed E-state index contributed by atoms with van der Waals surface area (Å²) < 4.78 is 12.8. The number of aromatic nitrogens is 3. The lowest BCUT2D eigenvalue weighted by Crippen LogP contribution is -2.31. The van der Waals surface area contributed by atoms with Crippen molar-refractivity contribution in [3.05, 3.63) is 18.2 Å². The van der Waals surface area contributed by atoms with Gasteiger partial charge in [-0.2, -0.15) is 0 Å². The van der Waals surface area contributed by atoms with Crippen molar-refractivity contribution in [1.82, 2.24) is 19.7 Å². The van der Waals surface area contributed by atoms with Gasteiger partial charge in [-0.1, -0.05) is 11.8 Å². The van der Waals surface area contributed by atoms with Crippen molar-refractivity contribution in [1.29, 1.82) is 0 Å². The molecule has 134 valence electrons. The Morgan fingerprint density at radius 2 is 1.96 bits per heavy atom. The van der Waals surface area contributed by atoms with E-state index in [1.54, 1.807) is 0 Å². The van der Waals surface area contributed by atoms with Crippen molar-refractivity contribution < 1.29 is 14.3 Å². The minimum atomic E-state index is 0.116. The van der Waals surface area contributed by atoms with Crippen LogP contribution in [0.5, 0.6) is 11.5 Å². The van der Waals surface area contributed by atoms with Crippen LogP contribution in [0.25, 0.3) is 11.4 Å². The first kappa shape index (κ1) is 17.6. The Labute approximate surface area is 151 Å². The summed E-state index contributed by atoms with van der Waals surface area (Å²) in [5.74, 6) is 2.70. The molecule has 8 heteroatoms. The molecule has 2 heterocycles. The molecule has 3 rings (SSSR count). The average molecular weight is 362 g/mol. The van der Waals surface area contributed by atoms with Crippen LogP contribution in [0.3, 0.4) is 0 Å². The van der Waals surface area contributed by atoms with E-state index in [2.05, 4.69) is 10.2 Å². The van der Waals surface area contributed by atoms with Gasteiger partial charge in [-0.3, -0.25) is 4.79 Å². The van der Waals surface area contributed by atoms with Crippen LogP contribution in [0.4, 0.5) is 0 Å². The lowest BCUT2D eigenvalue weighted by atomic mass is 10.2. The number of carbonyl (C=O) groups is 1. The summed E-state index contributed by atoms with van der Waals surface area (Å²) in [7, 11) is 0. The lowest BCUT2D eigenvalue weighted by Gasteiger charge is -2.18. The maximum absolute atomic E-state index is 12.2. The standard InChI is InChI=1S/C17H22N4O3S/c1-4-20(5-2)15(22)10-25-17-19-18-16(21(17)6-3)12-7-8-13-14(9-12)24-11-23-13/h7-9H,4-6,10-11H2,1-3H3. The van der Waals surface area contributed by atoms with Crippen molar-refractivity contribution in [3.8, 4) is 22.9 Å². The molecule has 0 aliphatic carbocycles. The van der Waals surface area contributed by atoms with Crippen molar-refractivity contribution in [2.45, 2.75) is 32.5 Å². The van der Waals surface area contributed by atoms with Gasteiger partial charge in [0.15, 0.2) is 22.5 Å². The van der Waals surface area contributed by atoms with Crippen LogP contribution in [-0.2, 0) is 11.3 Å². The zero-order chi connectivity index (χ0) is 17.8. The fourth-order valence-corrected chi connectivity index (χ4v) is 3.63. The third-order valence-corrected chi connectivity index (χ3v) is 5.06. The second-order valence-corrected chi connectivity index (χ2v) is 6.42. The van der Waals surface area contributed by atoms with E-state index in [4.69, 9.17) is 9.47 Å². The Balaban J connectivity index is 1.78. The number of benzene rings is 1. The van der Waals surface area contributed by atoms with Gasteiger partial charge in [0.2, 0.25) is 12.7 Å². The molecule has 7 nitrogen and oxygen atoms in total. The third-order valence-electron chi connectivity index (χ3n) is 4.10. The minimum absolute atomic E-state index is 0.116. The zero-order valence-corrected chi connectivity index (χ0v) is 15.5. The van der Waals surface area contributed by atoms with E-state index in [1.165, 1.54) is 11.8 Å². The van der Waals surface area contributed by atoms with Gasteiger partial charge in [-0.25, -0.2) is 0 Å². The van der Waals surface area contributed by atoms with Gasteiger partial charge >= 0.3 is 0 Å². The predicted octanol–water partition coefficient (Wildman–Crippen LogP) is 2.65. The largest absolute Gasteiger partial charge is 0.454 e. The van der Waals surface area contributed by atoms with Crippen molar-refractivity contribution in [2.75, 3.05) is 25.6 Å². The molecule has 0 bridgehead atoms. The highest BCUT2D eigenvalue weighted by molar-refractivity contribution is 7.99. The van der Waals surface area contributed by atoms with E-state index in [-0.39, 0.29) is 12.7 Å². The lowest BCUT2D eigenvalue weighted by molar-refractivity contribution is -0.127. The highest BCUT2D eigenvalue weighted by atomic mass is 32.2. The van der Waals surface area contributed by atoms with Gasteiger partial charge in [-0.15, -0.1) is 10.2 Å². The highest BCUT2D eigenvalue weighted by Crippen LogP contribution is 2.36. The van der Waals surface area contributed by atoms with E-state index in [1.807, 2.05) is 48.4 Å². The van der Waals surface area contributed by atoms with Crippen molar-refractivity contribution in [2.24, 2.45) is 0 Å². The number of hydrogen-bond acceptors (Lipinski definition) is 6. The van der Waals surface area contributed by atoms with Crippen LogP contribution in [0.2, 0.25) is 0 Å². The summed E-state index contributed by atoms with van der Waals surface area (Å²) in [5.41, 5.74) is 0.917. The number of nitrogens with zero attached hydrogens (tertiary/aromatic N) is 4. The number of carbonyl (C=O) groups excluding carboxylic acids is 1. The van der Waals surface area contributed by atoms with E-state index in [0.717, 1.165) is 41.9 Å². The van der Waals surface area contributed by atoms with Gasteiger partial charge in [0.25, 0.3) is 0 Å². The number of amides is 1. The van der Waals surface area contributed by atoms with Gasteiger partial charge in [-0.05, 0) is 39.0 Å². The molecule has 1 aliphatic rings. The summed E-state index contributed by atoms with van der Waals surface area (Å²) in [6.45, 7) is 8.41. The summed E-state index contributed by atoms with van der Waals surface area (Å²) in [4.78, 5) is 14.0. The molecule has 0 saturated heterocycles. The van der Waals surface area contributed by atoms with Gasteiger partial charge < -0.3 is 18.9 Å². The fraction of sp³-hybridized carbons (Fsp3) is 0.471. The van der Waals surface area contributed by atoms with Crippen LogP contribution in [0, 0.1) is 0 Å². The number of thioether (sulfide) groups is 1. The van der Waals surface area contributed by atoms with Crippen LogP contribution >= 0.6 is 11.8 Å². The molecule has 0 atom stereocenters. The van der Waals surface area contributed by atoms with Crippen LogP contribution in [0.15, 0.2) is 23.4 Å². The highest BCUT2D eigenvalue weighted by Gasteiger charge is 2.19. The topological polar surface area (TPSA) is 69.5 Å². The van der Waals surface area contributed by atoms with E-state index in [0.29, 0.717) is 11.5 Å². The normalized spacial score (nSPS) is 12.4. The molecule has 0 radical (unpaired) electrons. The molecule has 1 aromatic carbocycles. The molecular weight excluding hydrogens is 340 g/mol. The van der Waals surface area contributed by atoms with Crippen LogP contribution < -0.4 is 9.47 Å². The number of ether oxygens (including phenoxy) is 2. The third kappa shape index (κ3) is 3.58. The molecule has 0 saturated carbocycles. The molecule has 1 aliphatic heterocycles. The minimum Gasteiger partial charge on any atom is -0.454 e. The molecule has 25 heavy (non-hydrogen) atoms. The zero-order valence-electron chi connectivity index (χ0n) is 14.7. The molecule has 2 aromatic rings. The predicted molar refractivity (Wildman–Crippen MR) is 95.9 cm³/mol. The number of rotatable bonds is 7. The smallest absolute Gasteiger partial charge is 0.233 e. The SMILES string of the molecule is CCN(CC)C(=O)CSc1nnc(-c2ccc3c(c2)OCO3)n1CC. The molecule has 1 amide bonds. The van der Waals surface area contributed by atoms with Gasteiger partial charge in [0.1, 0.15) is 0 Å². The van der Waals surface area contributed by atoms with Gasteiger partial charge in [0.05, 0.1) is 5.75 Å². The Hall–Kier alpha value is -2.22. The van der Waals surface area contributed by atoms with E-state index in [9.17, 15) is 4.79 Å². The summed E-state index contributed by atoms with van der Waals surface area (Å²) in [6, 6.07) is 5.73. The maximum Gasteiger partial charge on any atom is 0.233 e. The monoisotopic (exact) mass is 362 g/mol. The average Bonchev–Trinajstić information content (AvgIpc) is 3.26. The Morgan fingerprint density at radius 3 is 2.68 bits per heavy atom. The maximum atomic E-state index is 12.2. The fourth-order valence-electron chi connectivity index (χ4n) is 2.72. The molecule has 1 aromatic heterocycles. The molecule has 0 N–H and O–H groups in total. The molecule has 0 spiro atoms. The molecular formula is C17H22N4O3S. The Kier molecular flexibility index (Phi) is 5.47. The molecule has 0 fully saturated rings. The molecule has 0 unspecified atom stereocenters. The Bertz CT molecular complexity index is 758. The van der Waals surface area contributed by atoms with Gasteiger partial charge in [0, 0.05) is 25.2 Å². The Morgan fingerprint density at radius 1 is 1.20 bits per heavy atom. The quantitative estimate of drug-likeness (QED) is 0.705. The first-order valence-electron chi connectivity index (χ1n) is 8.41. The van der Waals surface area contributed by atoms with Crippen molar-refractivity contribution in [3.63, 3.8) is 0 Å². The van der Waals surface area contributed by atoms with E-state index < -0.39 is 0 Å². The van der Waals surface area contributed by atoms with Crippen LogP contribution in [-0.4, -0.2) is 51.2 Å². The summed E-state index contributed by atoms with van der Waals surface area (Å²) in [5, 5.41) is 9.34. The van der Waals surface area contributed by atoms with Crippen molar-refractivity contribution >= 4 is 17.7 Å². The summed E-state index contributed by atoms with van der Waals surface area (Å²) >= 11 is 1.42. The number of fused-ring (bicyclic) bond motifs is 1. The van der Waals surface area contributed by atoms with Crippen LogP contribution in [0.1, 0.15) is 20.8 Å². The number of hydrogen-bond donors (Lipinski definition) is 0. The second kappa shape index (κ2) is 7.77. The first-order chi connectivity index (χ1) is 12.2. The van der Waals surface area contributed by atoms with E-state index >= 15 is 0 Å². The second-order valence-electron chi connectivity index (χ2n) is 5.47.